The van der Waals surface area contributed by atoms with Crippen molar-refractivity contribution in [3.63, 3.8) is 0 Å². The van der Waals surface area contributed by atoms with E-state index in [0.717, 1.165) is 24.9 Å². The van der Waals surface area contributed by atoms with Crippen LogP contribution < -0.4 is 0 Å². The number of nitrogens with zero attached hydrogens (tertiary/aromatic N) is 1. The molecule has 1 aliphatic heterocycles. The molecule has 0 unspecified atom stereocenters. The molecule has 4 heteroatoms. The fraction of sp³-hybridized carbons (Fsp3) is 0.462. The number of carbonyl (C=O) groups excluding carboxylic acids is 1. The highest BCUT2D eigenvalue weighted by Crippen LogP contribution is 2.22. The first-order valence-electron chi connectivity index (χ1n) is 5.81. The van der Waals surface area contributed by atoms with Crippen molar-refractivity contribution in [2.24, 2.45) is 0 Å². The highest BCUT2D eigenvalue weighted by Gasteiger charge is 2.29. The molecule has 1 aromatic carbocycles. The molecule has 1 atom stereocenters. The zero-order valence-electron chi connectivity index (χ0n) is 9.82. The van der Waals surface area contributed by atoms with E-state index in [0.29, 0.717) is 10.6 Å². The molecule has 0 aromatic heterocycles. The van der Waals surface area contributed by atoms with Gasteiger partial charge < -0.3 is 10.0 Å². The maximum Gasteiger partial charge on any atom is 0.254 e. The molecule has 1 aromatic rings. The number of aryl methyl sites for hydroxylation is 1. The van der Waals surface area contributed by atoms with Crippen molar-refractivity contribution in [2.45, 2.75) is 25.8 Å². The van der Waals surface area contributed by atoms with Gasteiger partial charge >= 0.3 is 0 Å². The van der Waals surface area contributed by atoms with Gasteiger partial charge in [0.1, 0.15) is 0 Å². The van der Waals surface area contributed by atoms with Crippen molar-refractivity contribution in [3.8, 4) is 0 Å². The normalized spacial score (nSPS) is 19.7. The van der Waals surface area contributed by atoms with Gasteiger partial charge in [-0.1, -0.05) is 11.6 Å². The monoisotopic (exact) mass is 253 g/mol. The van der Waals surface area contributed by atoms with E-state index in [9.17, 15) is 9.90 Å². The first-order valence-corrected chi connectivity index (χ1v) is 6.19. The van der Waals surface area contributed by atoms with E-state index in [1.807, 2.05) is 6.92 Å². The van der Waals surface area contributed by atoms with Crippen LogP contribution in [0.4, 0.5) is 0 Å². The number of aliphatic hydroxyl groups is 1. The topological polar surface area (TPSA) is 40.5 Å². The number of likely N-dealkylation sites (tertiary alicyclic amines) is 1. The van der Waals surface area contributed by atoms with Gasteiger partial charge in [0.2, 0.25) is 0 Å². The SMILES string of the molecule is Cc1cc(Cl)ccc1C(=O)N1CCC[C@H]1CO. The summed E-state index contributed by atoms with van der Waals surface area (Å²) in [6.07, 6.45) is 1.85. The van der Waals surface area contributed by atoms with Crippen LogP contribution in [0.5, 0.6) is 0 Å². The minimum absolute atomic E-state index is 0.00397. The Labute approximate surface area is 106 Å². The minimum Gasteiger partial charge on any atom is -0.394 e. The van der Waals surface area contributed by atoms with E-state index in [1.54, 1.807) is 23.1 Å². The predicted molar refractivity (Wildman–Crippen MR) is 67.3 cm³/mol. The van der Waals surface area contributed by atoms with Gasteiger partial charge in [-0.25, -0.2) is 0 Å². The van der Waals surface area contributed by atoms with E-state index >= 15 is 0 Å². The molecule has 1 aliphatic rings. The lowest BCUT2D eigenvalue weighted by Crippen LogP contribution is -2.37. The van der Waals surface area contributed by atoms with Gasteiger partial charge in [-0.2, -0.15) is 0 Å². The Morgan fingerprint density at radius 2 is 2.35 bits per heavy atom. The quantitative estimate of drug-likeness (QED) is 0.878. The molecule has 0 bridgehead atoms. The van der Waals surface area contributed by atoms with Crippen molar-refractivity contribution < 1.29 is 9.90 Å². The Bertz CT molecular complexity index is 433. The molecule has 1 amide bonds. The molecule has 1 saturated heterocycles. The lowest BCUT2D eigenvalue weighted by Gasteiger charge is -2.23. The molecule has 17 heavy (non-hydrogen) atoms. The van der Waals surface area contributed by atoms with Crippen LogP contribution in [0.25, 0.3) is 0 Å². The molecule has 0 radical (unpaired) electrons. The maximum absolute atomic E-state index is 12.3. The van der Waals surface area contributed by atoms with Gasteiger partial charge in [0.05, 0.1) is 12.6 Å². The van der Waals surface area contributed by atoms with Crippen LogP contribution in [-0.4, -0.2) is 35.1 Å². The van der Waals surface area contributed by atoms with Gasteiger partial charge in [-0.3, -0.25) is 4.79 Å². The minimum atomic E-state index is -0.0300. The third-order valence-electron chi connectivity index (χ3n) is 3.27. The van der Waals surface area contributed by atoms with E-state index in [1.165, 1.54) is 0 Å². The number of hydrogen-bond acceptors (Lipinski definition) is 2. The Kier molecular flexibility index (Phi) is 3.69. The summed E-state index contributed by atoms with van der Waals surface area (Å²) in [6, 6.07) is 5.25. The second-order valence-corrected chi connectivity index (χ2v) is 4.87. The number of halogens is 1. The zero-order valence-corrected chi connectivity index (χ0v) is 10.6. The number of aliphatic hydroxyl groups excluding tert-OH is 1. The summed E-state index contributed by atoms with van der Waals surface area (Å²) in [5.74, 6) is -0.00397. The fourth-order valence-electron chi connectivity index (χ4n) is 2.31. The molecule has 0 aliphatic carbocycles. The zero-order chi connectivity index (χ0) is 12.4. The molecule has 3 nitrogen and oxygen atoms in total. The average molecular weight is 254 g/mol. The van der Waals surface area contributed by atoms with Crippen LogP contribution in [0.2, 0.25) is 5.02 Å². The number of carbonyl (C=O) groups is 1. The van der Waals surface area contributed by atoms with Gasteiger partial charge in [0.15, 0.2) is 0 Å². The molecule has 1 fully saturated rings. The van der Waals surface area contributed by atoms with Crippen LogP contribution in [0.3, 0.4) is 0 Å². The summed E-state index contributed by atoms with van der Waals surface area (Å²) >= 11 is 5.87. The molecule has 1 N–H and O–H groups in total. The molecule has 1 heterocycles. The summed E-state index contributed by atoms with van der Waals surface area (Å²) in [5, 5.41) is 9.87. The molecule has 0 spiro atoms. The van der Waals surface area contributed by atoms with Gasteiger partial charge in [0.25, 0.3) is 5.91 Å². The molecule has 92 valence electrons. The van der Waals surface area contributed by atoms with Crippen molar-refractivity contribution in [3.05, 3.63) is 34.3 Å². The van der Waals surface area contributed by atoms with Crippen molar-refractivity contribution in [2.75, 3.05) is 13.2 Å². The summed E-state index contributed by atoms with van der Waals surface area (Å²) < 4.78 is 0. The first kappa shape index (κ1) is 12.4. The highest BCUT2D eigenvalue weighted by atomic mass is 35.5. The van der Waals surface area contributed by atoms with Gasteiger partial charge in [-0.05, 0) is 43.5 Å². The lowest BCUT2D eigenvalue weighted by molar-refractivity contribution is 0.0677. The molecule has 0 saturated carbocycles. The maximum atomic E-state index is 12.3. The smallest absolute Gasteiger partial charge is 0.254 e. The number of hydrogen-bond donors (Lipinski definition) is 1. The van der Waals surface area contributed by atoms with E-state index in [-0.39, 0.29) is 18.6 Å². The van der Waals surface area contributed by atoms with E-state index in [4.69, 9.17) is 11.6 Å². The van der Waals surface area contributed by atoms with Gasteiger partial charge in [-0.15, -0.1) is 0 Å². The third kappa shape index (κ3) is 2.45. The Morgan fingerprint density at radius 3 is 3.00 bits per heavy atom. The van der Waals surface area contributed by atoms with Gasteiger partial charge in [0, 0.05) is 17.1 Å². The third-order valence-corrected chi connectivity index (χ3v) is 3.50. The summed E-state index contributed by atoms with van der Waals surface area (Å²) in [4.78, 5) is 14.1. The van der Waals surface area contributed by atoms with Crippen molar-refractivity contribution >= 4 is 17.5 Å². The molecular formula is C13H16ClNO2. The Balaban J connectivity index is 2.24. The van der Waals surface area contributed by atoms with Crippen LogP contribution >= 0.6 is 11.6 Å². The summed E-state index contributed by atoms with van der Waals surface area (Å²) in [5.41, 5.74) is 1.56. The second kappa shape index (κ2) is 5.07. The molecule has 2 rings (SSSR count). The van der Waals surface area contributed by atoms with Crippen molar-refractivity contribution in [1.82, 2.24) is 4.90 Å². The lowest BCUT2D eigenvalue weighted by atomic mass is 10.1. The largest absolute Gasteiger partial charge is 0.394 e. The van der Waals surface area contributed by atoms with Crippen LogP contribution in [-0.2, 0) is 0 Å². The number of benzene rings is 1. The van der Waals surface area contributed by atoms with Crippen molar-refractivity contribution in [1.29, 1.82) is 0 Å². The summed E-state index contributed by atoms with van der Waals surface area (Å²) in [7, 11) is 0. The standard InChI is InChI=1S/C13H16ClNO2/c1-9-7-10(14)4-5-12(9)13(17)15-6-2-3-11(15)8-16/h4-5,7,11,16H,2-3,6,8H2,1H3/t11-/m0/s1. The van der Waals surface area contributed by atoms with Crippen LogP contribution in [0.1, 0.15) is 28.8 Å². The highest BCUT2D eigenvalue weighted by molar-refractivity contribution is 6.30. The predicted octanol–water partition coefficient (Wildman–Crippen LogP) is 2.25. The Hall–Kier alpha value is -1.06. The fourth-order valence-corrected chi connectivity index (χ4v) is 2.54. The number of rotatable bonds is 2. The van der Waals surface area contributed by atoms with Crippen LogP contribution in [0, 0.1) is 6.92 Å². The first-order chi connectivity index (χ1) is 8.13. The molecular weight excluding hydrogens is 238 g/mol. The number of amides is 1. The van der Waals surface area contributed by atoms with E-state index < -0.39 is 0 Å². The summed E-state index contributed by atoms with van der Waals surface area (Å²) in [6.45, 7) is 2.65. The van der Waals surface area contributed by atoms with Crippen LogP contribution in [0.15, 0.2) is 18.2 Å². The second-order valence-electron chi connectivity index (χ2n) is 4.44. The van der Waals surface area contributed by atoms with E-state index in [2.05, 4.69) is 0 Å². The average Bonchev–Trinajstić information content (AvgIpc) is 2.76. The Morgan fingerprint density at radius 1 is 1.59 bits per heavy atom.